The third-order valence-electron chi connectivity index (χ3n) is 5.02. The van der Waals surface area contributed by atoms with Gasteiger partial charge in [0.2, 0.25) is 0 Å². The molecule has 0 saturated carbocycles. The Balaban J connectivity index is 0.000000736. The minimum absolute atomic E-state index is 0.0989. The van der Waals surface area contributed by atoms with Crippen molar-refractivity contribution in [1.82, 2.24) is 4.98 Å². The lowest BCUT2D eigenvalue weighted by Gasteiger charge is -2.14. The minimum atomic E-state index is -6.85. The Morgan fingerprint density at radius 2 is 0.963 bits per heavy atom. The minimum Gasteiger partial charge on any atom is -0.504 e. The molecule has 0 amide bonds. The Kier molecular flexibility index (Phi) is 18.0. The van der Waals surface area contributed by atoms with Crippen LogP contribution in [0.2, 0.25) is 0 Å². The number of aromatic hydroxyl groups is 1. The molecule has 0 atom stereocenters. The average Bonchev–Trinajstić information content (AvgIpc) is 3.07. The van der Waals surface area contributed by atoms with Gasteiger partial charge in [0.15, 0.2) is 23.0 Å². The lowest BCUT2D eigenvalue weighted by molar-refractivity contribution is -0.0586. The van der Waals surface area contributed by atoms with Gasteiger partial charge >= 0.3 is 58.8 Å². The van der Waals surface area contributed by atoms with Crippen LogP contribution < -0.4 is 13.7 Å². The molecule has 0 aliphatic carbocycles. The first-order chi connectivity index (χ1) is 24.5. The van der Waals surface area contributed by atoms with Crippen LogP contribution in [-0.4, -0.2) is 92.2 Å². The molecule has 0 radical (unpaired) electrons. The van der Waals surface area contributed by atoms with Crippen LogP contribution in [0.15, 0.2) is 67.0 Å². The van der Waals surface area contributed by atoms with Gasteiger partial charge in [-0.2, -0.15) is 64.8 Å². The molecule has 0 aliphatic rings. The molecule has 0 spiro atoms. The molecular formula is C26H24F9NO15S3. The third kappa shape index (κ3) is 14.4. The summed E-state index contributed by atoms with van der Waals surface area (Å²) in [4.78, 5) is 26.3. The van der Waals surface area contributed by atoms with E-state index in [1.807, 2.05) is 21.8 Å². The largest absolute Gasteiger partial charge is 0.534 e. The summed E-state index contributed by atoms with van der Waals surface area (Å²) in [6.45, 7) is 0. The number of ether oxygens (including phenoxy) is 4. The van der Waals surface area contributed by atoms with Crippen LogP contribution in [0.4, 0.5) is 39.5 Å². The van der Waals surface area contributed by atoms with E-state index in [9.17, 15) is 79.5 Å². The maximum absolute atomic E-state index is 12.3. The van der Waals surface area contributed by atoms with E-state index in [1.54, 1.807) is 24.5 Å². The number of hydrogen-bond acceptors (Lipinski definition) is 16. The quantitative estimate of drug-likeness (QED) is 0.140. The van der Waals surface area contributed by atoms with Gasteiger partial charge in [-0.05, 0) is 36.4 Å². The number of rotatable bonds is 8. The Labute approximate surface area is 299 Å². The Bertz CT molecular complexity index is 1950. The van der Waals surface area contributed by atoms with Crippen molar-refractivity contribution in [2.45, 2.75) is 16.5 Å². The van der Waals surface area contributed by atoms with Gasteiger partial charge < -0.3 is 28.2 Å². The average molecular weight is 858 g/mol. The number of esters is 2. The fraction of sp³-hybridized carbons (Fsp3) is 0.269. The van der Waals surface area contributed by atoms with Crippen LogP contribution in [0.3, 0.4) is 0 Å². The Morgan fingerprint density at radius 3 is 1.30 bits per heavy atom. The molecule has 3 rings (SSSR count). The van der Waals surface area contributed by atoms with E-state index in [1.165, 1.54) is 26.4 Å². The number of pyridine rings is 1. The lowest BCUT2D eigenvalue weighted by Crippen LogP contribution is -2.34. The molecule has 1 aromatic heterocycles. The molecule has 1 N–H and O–H groups in total. The first kappa shape index (κ1) is 48.9. The molecular weight excluding hydrogens is 833 g/mol. The molecule has 1 heterocycles. The maximum Gasteiger partial charge on any atom is 0.534 e. The molecule has 54 heavy (non-hydrogen) atoms. The smallest absolute Gasteiger partial charge is 0.504 e. The number of phenols is 1. The SMILES string of the molecule is COC(=O)c1cccc(OC)c1O.COC(=O)c1cccc(OC)c1OS(=O)(=O)C(F)(F)F.O=S(=O)(OS(=O)(=O)C(F)(F)F)C(F)(F)F.c1ccncc1. The zero-order valence-corrected chi connectivity index (χ0v) is 29.5. The normalized spacial score (nSPS) is 11.8. The second-order valence-electron chi connectivity index (χ2n) is 8.55. The highest BCUT2D eigenvalue weighted by atomic mass is 32.3. The zero-order chi connectivity index (χ0) is 42.3. The summed E-state index contributed by atoms with van der Waals surface area (Å²) >= 11 is 0. The van der Waals surface area contributed by atoms with E-state index in [0.29, 0.717) is 0 Å². The molecule has 304 valence electrons. The molecule has 3 aromatic rings. The lowest BCUT2D eigenvalue weighted by atomic mass is 10.2. The van der Waals surface area contributed by atoms with Crippen LogP contribution in [0.1, 0.15) is 20.7 Å². The number of carbonyl (C=O) groups is 2. The second kappa shape index (κ2) is 19.8. The van der Waals surface area contributed by atoms with E-state index < -0.39 is 70.1 Å². The van der Waals surface area contributed by atoms with Crippen LogP contribution in [0, 0.1) is 0 Å². The van der Waals surface area contributed by atoms with Crippen molar-refractivity contribution in [3.05, 3.63) is 78.1 Å². The summed E-state index contributed by atoms with van der Waals surface area (Å²) in [6, 6.07) is 13.8. The van der Waals surface area contributed by atoms with Gasteiger partial charge in [0.05, 0.1) is 28.4 Å². The molecule has 0 saturated heterocycles. The van der Waals surface area contributed by atoms with E-state index >= 15 is 0 Å². The molecule has 0 aliphatic heterocycles. The molecule has 16 nitrogen and oxygen atoms in total. The number of methoxy groups -OCH3 is 4. The number of para-hydroxylation sites is 2. The predicted octanol–water partition coefficient (Wildman–Crippen LogP) is 4.68. The topological polar surface area (TPSA) is 225 Å². The van der Waals surface area contributed by atoms with Gasteiger partial charge in [-0.1, -0.05) is 18.2 Å². The Hall–Kier alpha value is -5.09. The summed E-state index contributed by atoms with van der Waals surface area (Å²) in [5.74, 6) is -2.85. The first-order valence-electron chi connectivity index (χ1n) is 12.9. The number of alkyl halides is 9. The maximum atomic E-state index is 12.3. The first-order valence-corrected chi connectivity index (χ1v) is 17.2. The number of carbonyl (C=O) groups excluding carboxylic acids is 2. The standard InChI is InChI=1S/C10H9F3O6S.C9H10O4.C5H5N.C2F6O5S2/c1-17-7-5-3-4-6(9(14)18-2)8(7)19-20(15,16)10(11,12)13;1-12-7-5-3-4-6(8(7)10)9(11)13-2;1-2-4-6-5-3-1;3-1(4,5)14(9,10)13-15(11,12)2(6,7)8/h3-5H,1-2H3;3-5,10H,1-2H3;1-5H;. The van der Waals surface area contributed by atoms with Gasteiger partial charge in [-0.25, -0.2) is 9.59 Å². The fourth-order valence-electron chi connectivity index (χ4n) is 2.66. The van der Waals surface area contributed by atoms with Crippen LogP contribution >= 0.6 is 0 Å². The van der Waals surface area contributed by atoms with Crippen molar-refractivity contribution in [2.75, 3.05) is 28.4 Å². The molecule has 2 aromatic carbocycles. The van der Waals surface area contributed by atoms with Gasteiger partial charge in [-0.3, -0.25) is 4.98 Å². The van der Waals surface area contributed by atoms with Gasteiger partial charge in [-0.15, -0.1) is 3.63 Å². The number of aromatic nitrogens is 1. The number of hydrogen-bond donors (Lipinski definition) is 1. The summed E-state index contributed by atoms with van der Waals surface area (Å²) in [7, 11) is -14.9. The van der Waals surface area contributed by atoms with E-state index in [4.69, 9.17) is 4.74 Å². The summed E-state index contributed by atoms with van der Waals surface area (Å²) in [6.07, 6.45) is 3.50. The highest BCUT2D eigenvalue weighted by Gasteiger charge is 2.57. The highest BCUT2D eigenvalue weighted by Crippen LogP contribution is 2.36. The van der Waals surface area contributed by atoms with Crippen LogP contribution in [0.5, 0.6) is 23.0 Å². The van der Waals surface area contributed by atoms with Gasteiger partial charge in [0, 0.05) is 12.4 Å². The highest BCUT2D eigenvalue weighted by molar-refractivity contribution is 8.00. The molecule has 0 unspecified atom stereocenters. The molecule has 28 heteroatoms. The van der Waals surface area contributed by atoms with Crippen molar-refractivity contribution in [3.8, 4) is 23.0 Å². The monoisotopic (exact) mass is 857 g/mol. The van der Waals surface area contributed by atoms with Crippen molar-refractivity contribution in [1.29, 1.82) is 0 Å². The zero-order valence-electron chi connectivity index (χ0n) is 27.1. The molecule has 0 fully saturated rings. The second-order valence-corrected chi connectivity index (χ2v) is 13.4. The number of benzene rings is 2. The number of halogens is 9. The summed E-state index contributed by atoms with van der Waals surface area (Å²) < 4.78 is 191. The Morgan fingerprint density at radius 1 is 0.574 bits per heavy atom. The van der Waals surface area contributed by atoms with Gasteiger partial charge in [0.1, 0.15) is 11.1 Å². The third-order valence-corrected chi connectivity index (χ3v) is 8.54. The fourth-order valence-corrected chi connectivity index (χ4v) is 4.71. The van der Waals surface area contributed by atoms with Crippen molar-refractivity contribution in [2.24, 2.45) is 0 Å². The van der Waals surface area contributed by atoms with Crippen molar-refractivity contribution in [3.63, 3.8) is 0 Å². The number of phenolic OH excluding ortho intramolecular Hbond substituents is 1. The predicted molar refractivity (Wildman–Crippen MR) is 161 cm³/mol. The van der Waals surface area contributed by atoms with E-state index in [2.05, 4.69) is 23.4 Å². The van der Waals surface area contributed by atoms with E-state index in [-0.39, 0.29) is 22.8 Å². The van der Waals surface area contributed by atoms with Crippen LogP contribution in [0.25, 0.3) is 0 Å². The summed E-state index contributed by atoms with van der Waals surface area (Å²) in [5, 5.41) is 9.46. The van der Waals surface area contributed by atoms with Crippen LogP contribution in [-0.2, 0) is 43.5 Å². The van der Waals surface area contributed by atoms with Crippen molar-refractivity contribution < 1.29 is 106 Å². The van der Waals surface area contributed by atoms with Gasteiger partial charge in [0.25, 0.3) is 0 Å². The van der Waals surface area contributed by atoms with E-state index in [0.717, 1.165) is 26.4 Å². The molecule has 0 bridgehead atoms. The number of nitrogens with zero attached hydrogens (tertiary/aromatic N) is 1. The summed E-state index contributed by atoms with van der Waals surface area (Å²) in [5.41, 5.74) is -18.6. The van der Waals surface area contributed by atoms with Crippen molar-refractivity contribution >= 4 is 42.3 Å².